The van der Waals surface area contributed by atoms with Crippen molar-refractivity contribution in [3.05, 3.63) is 17.0 Å². The van der Waals surface area contributed by atoms with E-state index in [9.17, 15) is 4.79 Å². The Morgan fingerprint density at radius 3 is 2.67 bits per heavy atom. The molecule has 15 heavy (non-hydrogen) atoms. The second-order valence-electron chi connectivity index (χ2n) is 3.86. The van der Waals surface area contributed by atoms with E-state index in [1.165, 1.54) is 0 Å². The second-order valence-corrected chi connectivity index (χ2v) is 3.86. The highest BCUT2D eigenvalue weighted by atomic mass is 16.5. The van der Waals surface area contributed by atoms with Crippen LogP contribution in [0.2, 0.25) is 0 Å². The molecule has 0 spiro atoms. The third-order valence-electron chi connectivity index (χ3n) is 2.36. The number of hydrogen-bond acceptors (Lipinski definition) is 3. The van der Waals surface area contributed by atoms with E-state index in [1.807, 2.05) is 6.92 Å². The molecular weight excluding hydrogens is 192 g/mol. The van der Waals surface area contributed by atoms with Gasteiger partial charge in [0, 0.05) is 6.04 Å². The van der Waals surface area contributed by atoms with Gasteiger partial charge in [0.2, 0.25) is 0 Å². The first-order chi connectivity index (χ1) is 7.06. The minimum absolute atomic E-state index is 0.0906. The molecule has 1 aromatic heterocycles. The lowest BCUT2D eigenvalue weighted by Crippen LogP contribution is -2.32. The topological polar surface area (TPSA) is 55.1 Å². The van der Waals surface area contributed by atoms with Gasteiger partial charge in [0.1, 0.15) is 11.3 Å². The number of carbonyl (C=O) groups excluding carboxylic acids is 1. The maximum atomic E-state index is 11.8. The maximum Gasteiger partial charge on any atom is 0.256 e. The van der Waals surface area contributed by atoms with Crippen LogP contribution in [-0.2, 0) is 0 Å². The Hall–Kier alpha value is -1.32. The lowest BCUT2D eigenvalue weighted by Gasteiger charge is -2.12. The van der Waals surface area contributed by atoms with Gasteiger partial charge in [0.25, 0.3) is 5.91 Å². The monoisotopic (exact) mass is 210 g/mol. The predicted molar refractivity (Wildman–Crippen MR) is 57.8 cm³/mol. The van der Waals surface area contributed by atoms with Crippen molar-refractivity contribution < 1.29 is 9.32 Å². The molecule has 0 aliphatic carbocycles. The molecule has 0 fully saturated rings. The average molecular weight is 210 g/mol. The van der Waals surface area contributed by atoms with Crippen molar-refractivity contribution in [2.45, 2.75) is 46.6 Å². The predicted octanol–water partition coefficient (Wildman–Crippen LogP) is 2.21. The van der Waals surface area contributed by atoms with E-state index in [2.05, 4.69) is 17.4 Å². The molecule has 84 valence electrons. The third-order valence-corrected chi connectivity index (χ3v) is 2.36. The SMILES string of the molecule is CCCC(C)NC(=O)c1c(C)noc1C. The van der Waals surface area contributed by atoms with Gasteiger partial charge in [0.15, 0.2) is 0 Å². The van der Waals surface area contributed by atoms with Crippen LogP contribution in [0.25, 0.3) is 0 Å². The highest BCUT2D eigenvalue weighted by Crippen LogP contribution is 2.12. The van der Waals surface area contributed by atoms with Crippen LogP contribution in [0.3, 0.4) is 0 Å². The van der Waals surface area contributed by atoms with Gasteiger partial charge in [-0.05, 0) is 27.2 Å². The number of aromatic nitrogens is 1. The van der Waals surface area contributed by atoms with Crippen LogP contribution in [0.15, 0.2) is 4.52 Å². The molecule has 4 nitrogen and oxygen atoms in total. The van der Waals surface area contributed by atoms with Gasteiger partial charge in [0.05, 0.1) is 5.69 Å². The van der Waals surface area contributed by atoms with E-state index in [0.717, 1.165) is 12.8 Å². The van der Waals surface area contributed by atoms with Crippen LogP contribution in [0.4, 0.5) is 0 Å². The lowest BCUT2D eigenvalue weighted by molar-refractivity contribution is 0.0936. The number of amides is 1. The van der Waals surface area contributed by atoms with Crippen LogP contribution in [0, 0.1) is 13.8 Å². The fraction of sp³-hybridized carbons (Fsp3) is 0.636. The summed E-state index contributed by atoms with van der Waals surface area (Å²) in [4.78, 5) is 11.8. The Morgan fingerprint density at radius 1 is 1.53 bits per heavy atom. The highest BCUT2D eigenvalue weighted by molar-refractivity contribution is 5.96. The molecule has 0 aliphatic rings. The van der Waals surface area contributed by atoms with Crippen molar-refractivity contribution in [1.82, 2.24) is 10.5 Å². The van der Waals surface area contributed by atoms with Gasteiger partial charge in [-0.15, -0.1) is 0 Å². The van der Waals surface area contributed by atoms with Crippen molar-refractivity contribution in [3.8, 4) is 0 Å². The highest BCUT2D eigenvalue weighted by Gasteiger charge is 2.18. The summed E-state index contributed by atoms with van der Waals surface area (Å²) in [5, 5.41) is 6.68. The molecule has 0 radical (unpaired) electrons. The molecule has 1 rings (SSSR count). The molecule has 0 saturated carbocycles. The number of nitrogens with zero attached hydrogens (tertiary/aromatic N) is 1. The van der Waals surface area contributed by atoms with Gasteiger partial charge in [-0.2, -0.15) is 0 Å². The molecule has 1 N–H and O–H groups in total. The van der Waals surface area contributed by atoms with Gasteiger partial charge in [-0.1, -0.05) is 18.5 Å². The Bertz CT molecular complexity index is 325. The normalized spacial score (nSPS) is 12.5. The quantitative estimate of drug-likeness (QED) is 0.829. The zero-order chi connectivity index (χ0) is 11.4. The van der Waals surface area contributed by atoms with Gasteiger partial charge >= 0.3 is 0 Å². The summed E-state index contributed by atoms with van der Waals surface area (Å²) in [7, 11) is 0. The molecule has 1 amide bonds. The number of rotatable bonds is 4. The summed E-state index contributed by atoms with van der Waals surface area (Å²) in [6.45, 7) is 7.62. The zero-order valence-electron chi connectivity index (χ0n) is 9.76. The van der Waals surface area contributed by atoms with Crippen molar-refractivity contribution in [3.63, 3.8) is 0 Å². The minimum atomic E-state index is -0.0906. The summed E-state index contributed by atoms with van der Waals surface area (Å²) in [5.74, 6) is 0.487. The summed E-state index contributed by atoms with van der Waals surface area (Å²) in [5.41, 5.74) is 1.21. The van der Waals surface area contributed by atoms with E-state index in [0.29, 0.717) is 17.0 Å². The third kappa shape index (κ3) is 2.81. The second kappa shape index (κ2) is 4.96. The molecule has 0 aromatic carbocycles. The van der Waals surface area contributed by atoms with E-state index in [4.69, 9.17) is 4.52 Å². The first kappa shape index (κ1) is 11.8. The van der Waals surface area contributed by atoms with E-state index < -0.39 is 0 Å². The van der Waals surface area contributed by atoms with Crippen molar-refractivity contribution in [2.75, 3.05) is 0 Å². The van der Waals surface area contributed by atoms with E-state index in [1.54, 1.807) is 13.8 Å². The van der Waals surface area contributed by atoms with Gasteiger partial charge in [-0.3, -0.25) is 4.79 Å². The molecule has 1 atom stereocenters. The summed E-state index contributed by atoms with van der Waals surface area (Å²) in [6, 6.07) is 0.191. The Kier molecular flexibility index (Phi) is 3.88. The number of carbonyl (C=O) groups is 1. The van der Waals surface area contributed by atoms with Crippen LogP contribution >= 0.6 is 0 Å². The fourth-order valence-electron chi connectivity index (χ4n) is 1.61. The van der Waals surface area contributed by atoms with E-state index >= 15 is 0 Å². The summed E-state index contributed by atoms with van der Waals surface area (Å²) in [6.07, 6.45) is 2.04. The summed E-state index contributed by atoms with van der Waals surface area (Å²) < 4.78 is 4.95. The van der Waals surface area contributed by atoms with Crippen LogP contribution in [-0.4, -0.2) is 17.1 Å². The Balaban J connectivity index is 2.69. The maximum absolute atomic E-state index is 11.8. The summed E-state index contributed by atoms with van der Waals surface area (Å²) >= 11 is 0. The fourth-order valence-corrected chi connectivity index (χ4v) is 1.61. The van der Waals surface area contributed by atoms with Gasteiger partial charge < -0.3 is 9.84 Å². The van der Waals surface area contributed by atoms with E-state index in [-0.39, 0.29) is 11.9 Å². The average Bonchev–Trinajstić information content (AvgIpc) is 2.46. The first-order valence-electron chi connectivity index (χ1n) is 5.30. The van der Waals surface area contributed by atoms with Crippen molar-refractivity contribution in [1.29, 1.82) is 0 Å². The van der Waals surface area contributed by atoms with Gasteiger partial charge in [-0.25, -0.2) is 0 Å². The lowest BCUT2D eigenvalue weighted by atomic mass is 10.1. The molecule has 4 heteroatoms. The molecule has 0 bridgehead atoms. The molecular formula is C11H18N2O2. The van der Waals surface area contributed by atoms with Crippen molar-refractivity contribution >= 4 is 5.91 Å². The van der Waals surface area contributed by atoms with Crippen LogP contribution in [0.1, 0.15) is 48.5 Å². The molecule has 1 unspecified atom stereocenters. The Morgan fingerprint density at radius 2 is 2.20 bits per heavy atom. The van der Waals surface area contributed by atoms with Crippen LogP contribution in [0.5, 0.6) is 0 Å². The number of nitrogens with one attached hydrogen (secondary N) is 1. The molecule has 1 aromatic rings. The molecule has 1 heterocycles. The zero-order valence-corrected chi connectivity index (χ0v) is 9.76. The molecule has 0 saturated heterocycles. The molecule has 0 aliphatic heterocycles. The first-order valence-corrected chi connectivity index (χ1v) is 5.30. The smallest absolute Gasteiger partial charge is 0.256 e. The number of aryl methyl sites for hydroxylation is 2. The minimum Gasteiger partial charge on any atom is -0.361 e. The largest absolute Gasteiger partial charge is 0.361 e. The standard InChI is InChI=1S/C11H18N2O2/c1-5-6-7(2)12-11(14)10-8(3)13-15-9(10)4/h7H,5-6H2,1-4H3,(H,12,14). The number of hydrogen-bond donors (Lipinski definition) is 1. The Labute approximate surface area is 90.0 Å². The van der Waals surface area contributed by atoms with Crippen molar-refractivity contribution in [2.24, 2.45) is 0 Å². The van der Waals surface area contributed by atoms with Crippen LogP contribution < -0.4 is 5.32 Å².